The van der Waals surface area contributed by atoms with Gasteiger partial charge in [-0.25, -0.2) is 9.18 Å². The van der Waals surface area contributed by atoms with Gasteiger partial charge in [-0.05, 0) is 56.0 Å². The van der Waals surface area contributed by atoms with Gasteiger partial charge in [0.05, 0.1) is 17.8 Å². The third kappa shape index (κ3) is 5.17. The number of Topliss-reactive ketones (excluding diaryl/α,β-unsaturated/α-hetero) is 1. The number of amides is 3. The number of carboxylic acids is 1. The molecule has 2 atom stereocenters. The topological polar surface area (TPSA) is 107 Å². The number of carboxylic acid groups (broad SMARTS) is 1. The quantitative estimate of drug-likeness (QED) is 0.621. The van der Waals surface area contributed by atoms with E-state index in [2.05, 4.69) is 5.32 Å². The number of para-hydroxylation sites is 1. The van der Waals surface area contributed by atoms with Gasteiger partial charge in [0.25, 0.3) is 0 Å². The highest BCUT2D eigenvalue weighted by atomic mass is 32.2. The minimum atomic E-state index is -1.49. The summed E-state index contributed by atoms with van der Waals surface area (Å²) in [5.74, 6) is -3.00. The first-order chi connectivity index (χ1) is 16.8. The molecule has 4 rings (SSSR count). The molecule has 0 saturated carbocycles. The number of halogens is 1. The lowest BCUT2D eigenvalue weighted by Crippen LogP contribution is -2.57. The van der Waals surface area contributed by atoms with E-state index in [0.29, 0.717) is 31.5 Å². The lowest BCUT2D eigenvalue weighted by atomic mass is 10.0. The van der Waals surface area contributed by atoms with Crippen LogP contribution in [0.4, 0.5) is 20.6 Å². The minimum absolute atomic E-state index is 0.324. The zero-order valence-electron chi connectivity index (χ0n) is 19.2. The fourth-order valence-electron chi connectivity index (χ4n) is 4.41. The van der Waals surface area contributed by atoms with Crippen molar-refractivity contribution in [3.05, 3.63) is 48.0 Å². The van der Waals surface area contributed by atoms with Gasteiger partial charge in [0.2, 0.25) is 5.91 Å². The second kappa shape index (κ2) is 10.5. The Labute approximate surface area is 206 Å². The minimum Gasteiger partial charge on any atom is -0.481 e. The van der Waals surface area contributed by atoms with Crippen LogP contribution in [0.1, 0.15) is 31.2 Å². The summed E-state index contributed by atoms with van der Waals surface area (Å²) in [6.07, 6.45) is 1.01. The zero-order valence-corrected chi connectivity index (χ0v) is 20.0. The predicted octanol–water partition coefficient (Wildman–Crippen LogP) is 4.07. The summed E-state index contributed by atoms with van der Waals surface area (Å²) in [4.78, 5) is 55.1. The largest absolute Gasteiger partial charge is 0.481 e. The van der Waals surface area contributed by atoms with Crippen LogP contribution in [0, 0.1) is 6.92 Å². The van der Waals surface area contributed by atoms with Gasteiger partial charge in [-0.1, -0.05) is 30.0 Å². The number of nitrogens with one attached hydrogen (secondary N) is 1. The van der Waals surface area contributed by atoms with Gasteiger partial charge in [-0.2, -0.15) is 0 Å². The number of rotatable bonds is 6. The Bertz CT molecular complexity index is 1170. The second-order valence-corrected chi connectivity index (χ2v) is 9.71. The van der Waals surface area contributed by atoms with Crippen molar-refractivity contribution in [3.8, 4) is 0 Å². The van der Waals surface area contributed by atoms with E-state index in [4.69, 9.17) is 5.11 Å². The van der Waals surface area contributed by atoms with Gasteiger partial charge in [0, 0.05) is 16.3 Å². The van der Waals surface area contributed by atoms with Gasteiger partial charge in [-0.3, -0.25) is 19.3 Å². The van der Waals surface area contributed by atoms with E-state index >= 15 is 0 Å². The number of ketones is 1. The van der Waals surface area contributed by atoms with Crippen LogP contribution in [-0.4, -0.2) is 59.0 Å². The number of carbonyl (C=O) groups excluding carboxylic acids is 3. The first-order valence-corrected chi connectivity index (χ1v) is 12.2. The van der Waals surface area contributed by atoms with E-state index in [9.17, 15) is 23.6 Å². The van der Waals surface area contributed by atoms with Crippen molar-refractivity contribution in [1.82, 2.24) is 10.2 Å². The molecule has 2 aliphatic rings. The molecule has 2 aromatic rings. The maximum Gasteiger partial charge on any atom is 0.329 e. The number of nitrogens with zero attached hydrogens (tertiary/aromatic N) is 2. The molecule has 1 fully saturated rings. The van der Waals surface area contributed by atoms with Gasteiger partial charge < -0.3 is 15.3 Å². The summed E-state index contributed by atoms with van der Waals surface area (Å²) in [5, 5.41) is 11.4. The van der Waals surface area contributed by atoms with E-state index < -0.39 is 42.8 Å². The number of aryl methyl sites for hydroxylation is 1. The summed E-state index contributed by atoms with van der Waals surface area (Å²) in [6, 6.07) is 10.6. The fraction of sp³-hybridized carbons (Fsp3) is 0.360. The number of carbonyl (C=O) groups is 4. The Balaban J connectivity index is 1.65. The highest BCUT2D eigenvalue weighted by molar-refractivity contribution is 7.99. The van der Waals surface area contributed by atoms with Gasteiger partial charge in [-0.15, -0.1) is 0 Å². The lowest BCUT2D eigenvalue weighted by molar-refractivity contribution is -0.140. The molecule has 2 N–H and O–H groups in total. The smallest absolute Gasteiger partial charge is 0.329 e. The first-order valence-electron chi connectivity index (χ1n) is 11.4. The third-order valence-corrected chi connectivity index (χ3v) is 7.27. The van der Waals surface area contributed by atoms with Crippen LogP contribution in [0.25, 0.3) is 0 Å². The highest BCUT2D eigenvalue weighted by Gasteiger charge is 2.39. The second-order valence-electron chi connectivity index (χ2n) is 8.62. The molecule has 0 aliphatic carbocycles. The summed E-state index contributed by atoms with van der Waals surface area (Å²) in [7, 11) is 0. The van der Waals surface area contributed by atoms with Crippen molar-refractivity contribution in [2.24, 2.45) is 0 Å². The van der Waals surface area contributed by atoms with Gasteiger partial charge in [0.15, 0.2) is 5.78 Å². The molecular weight excluding hydrogens is 473 g/mol. The van der Waals surface area contributed by atoms with Crippen LogP contribution in [-0.2, 0) is 14.4 Å². The summed E-state index contributed by atoms with van der Waals surface area (Å²) >= 11 is 1.57. The third-order valence-electron chi connectivity index (χ3n) is 6.14. The molecule has 35 heavy (non-hydrogen) atoms. The van der Waals surface area contributed by atoms with Crippen LogP contribution < -0.4 is 10.2 Å². The Kier molecular flexibility index (Phi) is 7.39. The van der Waals surface area contributed by atoms with Gasteiger partial charge >= 0.3 is 12.0 Å². The molecule has 2 aromatic carbocycles. The number of fused-ring (bicyclic) bond motifs is 2. The standard InChI is InChI=1S/C25H26FN3O5S/c1-15-9-10-22-19(12-15)29(17-6-2-3-8-21(17)35-22)25(34)28-11-5-4-7-18(28)24(33)27-16(13-23(31)32)20(30)14-26/h2-3,6,8-10,12,16,18H,4-5,7,11,13-14H2,1H3,(H,27,33)(H,31,32)/t16?,18-/m0/s1. The number of benzene rings is 2. The molecular formula is C25H26FN3O5S. The van der Waals surface area contributed by atoms with Crippen LogP contribution >= 0.6 is 11.8 Å². The highest BCUT2D eigenvalue weighted by Crippen LogP contribution is 2.48. The van der Waals surface area contributed by atoms with E-state index in [1.165, 1.54) is 4.90 Å². The number of anilines is 2. The normalized spacial score (nSPS) is 17.7. The molecule has 184 valence electrons. The van der Waals surface area contributed by atoms with Crippen LogP contribution in [0.3, 0.4) is 0 Å². The average molecular weight is 500 g/mol. The summed E-state index contributed by atoms with van der Waals surface area (Å²) in [5.41, 5.74) is 2.41. The van der Waals surface area contributed by atoms with Crippen molar-refractivity contribution < 1.29 is 28.7 Å². The van der Waals surface area contributed by atoms with Crippen LogP contribution in [0.2, 0.25) is 0 Å². The average Bonchev–Trinajstić information content (AvgIpc) is 2.85. The van der Waals surface area contributed by atoms with Crippen molar-refractivity contribution in [2.75, 3.05) is 18.1 Å². The molecule has 3 amide bonds. The monoisotopic (exact) mass is 499 g/mol. The maximum absolute atomic E-state index is 14.0. The Morgan fingerprint density at radius 2 is 1.86 bits per heavy atom. The van der Waals surface area contributed by atoms with Gasteiger partial charge in [0.1, 0.15) is 18.8 Å². The molecule has 0 bridgehead atoms. The lowest BCUT2D eigenvalue weighted by Gasteiger charge is -2.40. The Hall–Kier alpha value is -3.40. The number of hydrogen-bond acceptors (Lipinski definition) is 5. The number of alkyl halides is 1. The van der Waals surface area contributed by atoms with E-state index in [1.54, 1.807) is 16.7 Å². The van der Waals surface area contributed by atoms with Crippen LogP contribution in [0.15, 0.2) is 52.3 Å². The number of likely N-dealkylation sites (tertiary alicyclic amines) is 1. The van der Waals surface area contributed by atoms with Crippen molar-refractivity contribution in [3.63, 3.8) is 0 Å². The molecule has 10 heteroatoms. The maximum atomic E-state index is 14.0. The molecule has 0 aromatic heterocycles. The molecule has 2 heterocycles. The van der Waals surface area contributed by atoms with E-state index in [-0.39, 0.29) is 6.03 Å². The zero-order chi connectivity index (χ0) is 25.1. The molecule has 0 spiro atoms. The molecule has 0 radical (unpaired) electrons. The Morgan fingerprint density at radius 1 is 1.11 bits per heavy atom. The number of urea groups is 1. The summed E-state index contributed by atoms with van der Waals surface area (Å²) in [6.45, 7) is 0.879. The van der Waals surface area contributed by atoms with Crippen LogP contribution in [0.5, 0.6) is 0 Å². The molecule has 1 saturated heterocycles. The summed E-state index contributed by atoms with van der Waals surface area (Å²) < 4.78 is 13.0. The van der Waals surface area contributed by atoms with E-state index in [1.807, 2.05) is 49.4 Å². The number of hydrogen-bond donors (Lipinski definition) is 2. The molecule has 1 unspecified atom stereocenters. The molecule has 8 nitrogen and oxygen atoms in total. The fourth-order valence-corrected chi connectivity index (χ4v) is 5.45. The first kappa shape index (κ1) is 24.7. The van der Waals surface area contributed by atoms with Crippen molar-refractivity contribution in [1.29, 1.82) is 0 Å². The number of aliphatic carboxylic acids is 1. The SMILES string of the molecule is Cc1ccc2c(c1)N(C(=O)N1CCCC[C@H]1C(=O)NC(CC(=O)O)C(=O)CF)c1ccccc1S2. The van der Waals surface area contributed by atoms with E-state index in [0.717, 1.165) is 21.0 Å². The Morgan fingerprint density at radius 3 is 2.60 bits per heavy atom. The van der Waals surface area contributed by atoms with Crippen molar-refractivity contribution >= 4 is 46.8 Å². The number of piperidine rings is 1. The predicted molar refractivity (Wildman–Crippen MR) is 129 cm³/mol. The van der Waals surface area contributed by atoms with Crippen molar-refractivity contribution in [2.45, 2.75) is 54.5 Å². The molecule has 2 aliphatic heterocycles.